The first kappa shape index (κ1) is 24.2. The molecule has 0 saturated heterocycles. The van der Waals surface area contributed by atoms with Gasteiger partial charge in [-0.15, -0.1) is 0 Å². The van der Waals surface area contributed by atoms with Crippen molar-refractivity contribution in [3.05, 3.63) is 94.4 Å². The summed E-state index contributed by atoms with van der Waals surface area (Å²) in [6.07, 6.45) is 2.08. The van der Waals surface area contributed by atoms with Gasteiger partial charge >= 0.3 is 5.97 Å². The number of aliphatic carboxylic acids is 1. The molecule has 1 atom stereocenters. The molecule has 0 aliphatic carbocycles. The monoisotopic (exact) mass is 461 g/mol. The molecular formula is C25H27N5O4. The number of carboxylic acid groups (broad SMARTS) is 1. The highest BCUT2D eigenvalue weighted by atomic mass is 16.4. The van der Waals surface area contributed by atoms with Gasteiger partial charge in [-0.05, 0) is 41.7 Å². The summed E-state index contributed by atoms with van der Waals surface area (Å²) in [5.41, 5.74) is 7.60. The van der Waals surface area contributed by atoms with Gasteiger partial charge in [0.25, 0.3) is 11.5 Å². The average Bonchev–Trinajstić information content (AvgIpc) is 2.83. The number of nitrogens with two attached hydrogens (primary N) is 1. The van der Waals surface area contributed by atoms with E-state index in [0.29, 0.717) is 13.0 Å². The molecule has 9 nitrogen and oxygen atoms in total. The van der Waals surface area contributed by atoms with Crippen LogP contribution >= 0.6 is 0 Å². The zero-order chi connectivity index (χ0) is 24.5. The Bertz CT molecular complexity index is 1210. The van der Waals surface area contributed by atoms with Crippen LogP contribution in [0.2, 0.25) is 0 Å². The molecule has 0 unspecified atom stereocenters. The van der Waals surface area contributed by atoms with E-state index >= 15 is 0 Å². The third-order valence-corrected chi connectivity index (χ3v) is 5.27. The Hall–Kier alpha value is -4.40. The quantitative estimate of drug-likeness (QED) is 0.177. The van der Waals surface area contributed by atoms with E-state index < -0.39 is 23.5 Å². The minimum Gasteiger partial charge on any atom is -0.480 e. The molecule has 0 radical (unpaired) electrons. The third kappa shape index (κ3) is 6.55. The molecular weight excluding hydrogens is 434 g/mol. The highest BCUT2D eigenvalue weighted by Crippen LogP contribution is 2.19. The normalized spacial score (nSPS) is 11.4. The number of nitrogens with zero attached hydrogens (tertiary/aromatic N) is 1. The van der Waals surface area contributed by atoms with E-state index in [1.54, 1.807) is 12.3 Å². The first-order valence-electron chi connectivity index (χ1n) is 10.8. The second-order valence-corrected chi connectivity index (χ2v) is 7.76. The molecule has 1 heterocycles. The zero-order valence-corrected chi connectivity index (χ0v) is 18.5. The van der Waals surface area contributed by atoms with E-state index in [1.807, 2.05) is 54.6 Å². The Morgan fingerprint density at radius 1 is 1.00 bits per heavy atom. The number of rotatable bonds is 10. The molecule has 34 heavy (non-hydrogen) atoms. The number of carboxylic acids is 1. The van der Waals surface area contributed by atoms with Crippen molar-refractivity contribution in [2.75, 3.05) is 6.54 Å². The fraction of sp³-hybridized carbons (Fsp3) is 0.200. The molecule has 6 N–H and O–H groups in total. The Morgan fingerprint density at radius 2 is 1.68 bits per heavy atom. The number of benzene rings is 2. The maximum atomic E-state index is 12.9. The Balaban J connectivity index is 1.68. The van der Waals surface area contributed by atoms with Crippen molar-refractivity contribution in [3.63, 3.8) is 0 Å². The molecule has 0 saturated carbocycles. The molecule has 0 fully saturated rings. The van der Waals surface area contributed by atoms with Crippen molar-refractivity contribution >= 4 is 17.8 Å². The van der Waals surface area contributed by atoms with E-state index in [9.17, 15) is 19.5 Å². The maximum Gasteiger partial charge on any atom is 0.326 e. The van der Waals surface area contributed by atoms with Gasteiger partial charge in [-0.1, -0.05) is 54.6 Å². The smallest absolute Gasteiger partial charge is 0.326 e. The van der Waals surface area contributed by atoms with Crippen LogP contribution in [-0.4, -0.2) is 40.1 Å². The number of amides is 1. The Morgan fingerprint density at radius 3 is 2.32 bits per heavy atom. The minimum atomic E-state index is -1.20. The molecule has 3 rings (SSSR count). The van der Waals surface area contributed by atoms with Crippen LogP contribution < -0.4 is 21.9 Å². The first-order chi connectivity index (χ1) is 16.3. The fourth-order valence-electron chi connectivity index (χ4n) is 3.49. The van der Waals surface area contributed by atoms with Crippen LogP contribution in [0.25, 0.3) is 11.1 Å². The Labute approximate surface area is 196 Å². The van der Waals surface area contributed by atoms with Crippen molar-refractivity contribution < 1.29 is 14.7 Å². The van der Waals surface area contributed by atoms with Gasteiger partial charge in [0.15, 0.2) is 5.96 Å². The molecule has 176 valence electrons. The summed E-state index contributed by atoms with van der Waals surface area (Å²) in [5.74, 6) is -2.16. The molecule has 0 aliphatic heterocycles. The molecule has 0 spiro atoms. The SMILES string of the molecule is N=C(N)NCCC[C@H](NC(=O)c1cccn(Cc2ccc(-c3ccccc3)cc2)c1=O)C(=O)O. The maximum absolute atomic E-state index is 12.9. The van der Waals surface area contributed by atoms with E-state index in [1.165, 1.54) is 10.6 Å². The molecule has 3 aromatic rings. The van der Waals surface area contributed by atoms with Crippen molar-refractivity contribution in [3.8, 4) is 11.1 Å². The van der Waals surface area contributed by atoms with E-state index in [-0.39, 0.29) is 24.5 Å². The summed E-state index contributed by atoms with van der Waals surface area (Å²) in [6, 6.07) is 19.5. The van der Waals surface area contributed by atoms with Gasteiger partial charge < -0.3 is 26.0 Å². The number of guanidine groups is 1. The molecule has 1 amide bonds. The van der Waals surface area contributed by atoms with Crippen LogP contribution in [0, 0.1) is 5.41 Å². The lowest BCUT2D eigenvalue weighted by atomic mass is 10.0. The lowest BCUT2D eigenvalue weighted by Crippen LogP contribution is -2.43. The molecule has 2 aromatic carbocycles. The summed E-state index contributed by atoms with van der Waals surface area (Å²) in [6.45, 7) is 0.574. The number of nitrogens with one attached hydrogen (secondary N) is 3. The molecule has 9 heteroatoms. The van der Waals surface area contributed by atoms with Crippen molar-refractivity contribution in [1.82, 2.24) is 15.2 Å². The molecule has 1 aromatic heterocycles. The predicted molar refractivity (Wildman–Crippen MR) is 130 cm³/mol. The van der Waals surface area contributed by atoms with Crippen LogP contribution in [0.5, 0.6) is 0 Å². The second kappa shape index (κ2) is 11.5. The highest BCUT2D eigenvalue weighted by molar-refractivity contribution is 5.96. The van der Waals surface area contributed by atoms with Crippen LogP contribution in [0.1, 0.15) is 28.8 Å². The van der Waals surface area contributed by atoms with Crippen LogP contribution in [0.15, 0.2) is 77.7 Å². The van der Waals surface area contributed by atoms with Gasteiger partial charge in [0.2, 0.25) is 0 Å². The topological polar surface area (TPSA) is 150 Å². The van der Waals surface area contributed by atoms with Gasteiger partial charge in [-0.2, -0.15) is 0 Å². The Kier molecular flexibility index (Phi) is 8.17. The summed E-state index contributed by atoms with van der Waals surface area (Å²) >= 11 is 0. The lowest BCUT2D eigenvalue weighted by Gasteiger charge is -2.15. The largest absolute Gasteiger partial charge is 0.480 e. The third-order valence-electron chi connectivity index (χ3n) is 5.27. The summed E-state index contributed by atoms with van der Waals surface area (Å²) in [5, 5.41) is 21.5. The van der Waals surface area contributed by atoms with E-state index in [0.717, 1.165) is 16.7 Å². The number of hydrogen-bond acceptors (Lipinski definition) is 4. The number of hydrogen-bond donors (Lipinski definition) is 5. The molecule has 0 bridgehead atoms. The van der Waals surface area contributed by atoms with Crippen LogP contribution in [0.3, 0.4) is 0 Å². The summed E-state index contributed by atoms with van der Waals surface area (Å²) in [7, 11) is 0. The van der Waals surface area contributed by atoms with Gasteiger partial charge in [-0.3, -0.25) is 15.0 Å². The average molecular weight is 462 g/mol. The minimum absolute atomic E-state index is 0.121. The van der Waals surface area contributed by atoms with Crippen LogP contribution in [0.4, 0.5) is 0 Å². The van der Waals surface area contributed by atoms with E-state index in [4.69, 9.17) is 11.1 Å². The highest BCUT2D eigenvalue weighted by Gasteiger charge is 2.22. The molecule has 0 aliphatic rings. The fourth-order valence-corrected chi connectivity index (χ4v) is 3.49. The second-order valence-electron chi connectivity index (χ2n) is 7.76. The summed E-state index contributed by atoms with van der Waals surface area (Å²) < 4.78 is 1.42. The number of pyridine rings is 1. The number of carbonyl (C=O) groups is 2. The number of carbonyl (C=O) groups excluding carboxylic acids is 1. The van der Waals surface area contributed by atoms with Crippen molar-refractivity contribution in [2.24, 2.45) is 5.73 Å². The first-order valence-corrected chi connectivity index (χ1v) is 10.8. The van der Waals surface area contributed by atoms with Crippen molar-refractivity contribution in [2.45, 2.75) is 25.4 Å². The standard InChI is InChI=1S/C25H27N5O4/c26-25(27)28-14-4-9-21(24(33)34)29-22(31)20-8-5-15-30(23(20)32)16-17-10-12-19(13-11-17)18-6-2-1-3-7-18/h1-3,5-8,10-13,15,21H,4,9,14,16H2,(H,29,31)(H,33,34)(H4,26,27,28)/t21-/m0/s1. The lowest BCUT2D eigenvalue weighted by molar-refractivity contribution is -0.139. The van der Waals surface area contributed by atoms with Gasteiger partial charge in [-0.25, -0.2) is 4.79 Å². The van der Waals surface area contributed by atoms with Crippen LogP contribution in [-0.2, 0) is 11.3 Å². The van der Waals surface area contributed by atoms with E-state index in [2.05, 4.69) is 10.6 Å². The number of aromatic nitrogens is 1. The summed E-state index contributed by atoms with van der Waals surface area (Å²) in [4.78, 5) is 37.1. The van der Waals surface area contributed by atoms with Crippen molar-refractivity contribution in [1.29, 1.82) is 5.41 Å². The van der Waals surface area contributed by atoms with Gasteiger partial charge in [0.1, 0.15) is 11.6 Å². The predicted octanol–water partition coefficient (Wildman–Crippen LogP) is 2.01. The van der Waals surface area contributed by atoms with Gasteiger partial charge in [0.05, 0.1) is 6.54 Å². The zero-order valence-electron chi connectivity index (χ0n) is 18.5. The van der Waals surface area contributed by atoms with Gasteiger partial charge in [0, 0.05) is 12.7 Å².